The van der Waals surface area contributed by atoms with Gasteiger partial charge in [0.05, 0.1) is 40.1 Å². The number of halogens is 2. The van der Waals surface area contributed by atoms with Crippen molar-refractivity contribution in [2.24, 2.45) is 0 Å². The molecule has 12 heteroatoms. The predicted octanol–water partition coefficient (Wildman–Crippen LogP) is 5.77. The highest BCUT2D eigenvalue weighted by Crippen LogP contribution is 2.40. The molecule has 0 amide bonds. The summed E-state index contributed by atoms with van der Waals surface area (Å²) in [6.45, 7) is 6.46. The van der Waals surface area contributed by atoms with Gasteiger partial charge in [0.1, 0.15) is 22.7 Å². The molecule has 1 fully saturated rings. The first-order valence-electron chi connectivity index (χ1n) is 12.5. The van der Waals surface area contributed by atoms with Crippen LogP contribution in [-0.2, 0) is 6.54 Å². The number of fused-ring (bicyclic) bond motifs is 1. The van der Waals surface area contributed by atoms with Gasteiger partial charge in [-0.05, 0) is 24.3 Å². The fraction of sp³-hybridized carbons (Fsp3) is 0.370. The second-order valence-corrected chi connectivity index (χ2v) is 11.5. The second kappa shape index (κ2) is 11.3. The minimum absolute atomic E-state index is 0.0756. The Bertz CT molecular complexity index is 1500. The van der Waals surface area contributed by atoms with Crippen molar-refractivity contribution in [3.05, 3.63) is 57.3 Å². The summed E-state index contributed by atoms with van der Waals surface area (Å²) >= 11 is 14.4. The summed E-state index contributed by atoms with van der Waals surface area (Å²) in [5, 5.41) is 25.9. The van der Waals surface area contributed by atoms with Crippen molar-refractivity contribution in [3.63, 3.8) is 0 Å². The van der Waals surface area contributed by atoms with Crippen LogP contribution in [0.4, 0.5) is 5.13 Å². The van der Waals surface area contributed by atoms with E-state index in [4.69, 9.17) is 37.4 Å². The number of anilines is 1. The smallest absolute Gasteiger partial charge is 0.335 e. The van der Waals surface area contributed by atoms with Gasteiger partial charge in [0.15, 0.2) is 5.13 Å². The quantitative estimate of drug-likeness (QED) is 0.264. The maximum Gasteiger partial charge on any atom is 0.335 e. The lowest BCUT2D eigenvalue weighted by atomic mass is 9.99. The van der Waals surface area contributed by atoms with E-state index in [0.717, 1.165) is 11.3 Å². The monoisotopic (exact) mass is 590 g/mol. The summed E-state index contributed by atoms with van der Waals surface area (Å²) < 4.78 is 11.9. The number of carbonyl (C=O) groups is 1. The van der Waals surface area contributed by atoms with Crippen LogP contribution in [0.3, 0.4) is 0 Å². The minimum atomic E-state index is -1.03. The Balaban J connectivity index is 1.42. The number of hydrogen-bond donors (Lipinski definition) is 2. The molecule has 2 aromatic carbocycles. The van der Waals surface area contributed by atoms with Crippen LogP contribution in [-0.4, -0.2) is 70.6 Å². The van der Waals surface area contributed by atoms with Gasteiger partial charge in [-0.25, -0.2) is 9.78 Å². The van der Waals surface area contributed by atoms with Gasteiger partial charge in [-0.3, -0.25) is 4.90 Å². The molecule has 0 bridgehead atoms. The molecule has 0 saturated carbocycles. The number of aromatic nitrogens is 2. The Labute approximate surface area is 239 Å². The zero-order valence-corrected chi connectivity index (χ0v) is 24.0. The maximum atomic E-state index is 11.6. The van der Waals surface area contributed by atoms with E-state index in [-0.39, 0.29) is 24.1 Å². The van der Waals surface area contributed by atoms with Crippen molar-refractivity contribution in [1.29, 1.82) is 0 Å². The first-order valence-corrected chi connectivity index (χ1v) is 14.0. The van der Waals surface area contributed by atoms with Gasteiger partial charge in [0, 0.05) is 43.2 Å². The molecule has 9 nitrogen and oxygen atoms in total. The normalized spacial score (nSPS) is 16.4. The third-order valence-corrected chi connectivity index (χ3v) is 8.53. The number of nitrogens with zero attached hydrogens (tertiary/aromatic N) is 4. The molecule has 1 unspecified atom stereocenters. The molecule has 4 aromatic rings. The van der Waals surface area contributed by atoms with E-state index in [2.05, 4.69) is 15.0 Å². The molecule has 0 spiro atoms. The third-order valence-electron chi connectivity index (χ3n) is 6.86. The molecule has 0 radical (unpaired) electrons. The number of carboxylic acids is 1. The number of thiazole rings is 1. The number of carboxylic acid groups (broad SMARTS) is 1. The molecule has 0 aliphatic carbocycles. The van der Waals surface area contributed by atoms with Crippen LogP contribution >= 0.6 is 34.5 Å². The number of hydrogen-bond acceptors (Lipinski definition) is 9. The van der Waals surface area contributed by atoms with Crippen LogP contribution in [0.25, 0.3) is 21.5 Å². The predicted molar refractivity (Wildman–Crippen MR) is 153 cm³/mol. The van der Waals surface area contributed by atoms with Crippen LogP contribution < -0.4 is 9.64 Å². The number of benzene rings is 2. The summed E-state index contributed by atoms with van der Waals surface area (Å²) in [5.41, 5.74) is 2.95. The Morgan fingerprint density at radius 2 is 2.00 bits per heavy atom. The Morgan fingerprint density at radius 3 is 2.64 bits per heavy atom. The molecule has 5 rings (SSSR count). The van der Waals surface area contributed by atoms with E-state index in [9.17, 15) is 15.0 Å². The van der Waals surface area contributed by atoms with Crippen LogP contribution in [0.1, 0.15) is 41.4 Å². The molecule has 1 saturated heterocycles. The number of ether oxygens (including phenoxy) is 1. The van der Waals surface area contributed by atoms with E-state index in [1.807, 2.05) is 13.8 Å². The van der Waals surface area contributed by atoms with E-state index in [1.54, 1.807) is 24.3 Å². The molecule has 1 atom stereocenters. The second-order valence-electron chi connectivity index (χ2n) is 9.72. The number of aliphatic hydroxyl groups is 1. The summed E-state index contributed by atoms with van der Waals surface area (Å²) in [6, 6.07) is 8.21. The fourth-order valence-corrected chi connectivity index (χ4v) is 6.63. The Morgan fingerprint density at radius 1 is 1.26 bits per heavy atom. The Kier molecular flexibility index (Phi) is 8.02. The standard InChI is InChI=1S/C27H28Cl2N4O5S/c1-14(2)25-17(23(31-38-25)22-18(28)5-4-6-19(22)29)12-32-7-8-33(16(11-32)13-34)27-30-24-20(37-3)9-15(26(35)36)10-21(24)39-27/h4-6,9-10,14,16,34H,7-8,11-13H2,1-3H3,(H,35,36). The van der Waals surface area contributed by atoms with E-state index in [1.165, 1.54) is 24.5 Å². The van der Waals surface area contributed by atoms with Crippen molar-refractivity contribution in [1.82, 2.24) is 15.0 Å². The van der Waals surface area contributed by atoms with Crippen molar-refractivity contribution in [2.75, 3.05) is 38.3 Å². The molecule has 1 aliphatic heterocycles. The number of rotatable bonds is 8. The van der Waals surface area contributed by atoms with E-state index >= 15 is 0 Å². The highest BCUT2D eigenvalue weighted by molar-refractivity contribution is 7.22. The maximum absolute atomic E-state index is 11.6. The van der Waals surface area contributed by atoms with Crippen LogP contribution in [0, 0.1) is 0 Å². The van der Waals surface area contributed by atoms with E-state index in [0.29, 0.717) is 68.6 Å². The summed E-state index contributed by atoms with van der Waals surface area (Å²) in [6.07, 6.45) is 0. The molecule has 2 aromatic heterocycles. The SMILES string of the molecule is COc1cc(C(=O)O)cc2sc(N3CCN(Cc4c(-c5c(Cl)cccc5Cl)noc4C(C)C)CC3CO)nc12. The van der Waals surface area contributed by atoms with Crippen LogP contribution in [0.5, 0.6) is 5.75 Å². The lowest BCUT2D eigenvalue weighted by Gasteiger charge is -2.40. The first kappa shape index (κ1) is 27.7. The van der Waals surface area contributed by atoms with Gasteiger partial charge in [0.25, 0.3) is 0 Å². The third kappa shape index (κ3) is 5.31. The highest BCUT2D eigenvalue weighted by atomic mass is 35.5. The number of methoxy groups -OCH3 is 1. The zero-order valence-electron chi connectivity index (χ0n) is 21.6. The highest BCUT2D eigenvalue weighted by Gasteiger charge is 2.32. The number of piperazine rings is 1. The van der Waals surface area contributed by atoms with Gasteiger partial charge < -0.3 is 24.4 Å². The summed E-state index contributed by atoms with van der Waals surface area (Å²) in [7, 11) is 1.49. The molecular formula is C27H28Cl2N4O5S. The molecule has 3 heterocycles. The number of aromatic carboxylic acids is 1. The van der Waals surface area contributed by atoms with Gasteiger partial charge in [-0.2, -0.15) is 0 Å². The van der Waals surface area contributed by atoms with Crippen LogP contribution in [0.2, 0.25) is 10.0 Å². The number of aliphatic hydroxyl groups excluding tert-OH is 1. The largest absolute Gasteiger partial charge is 0.494 e. The Hall–Kier alpha value is -2.89. The molecule has 206 valence electrons. The fourth-order valence-electron chi connectivity index (χ4n) is 4.93. The van der Waals surface area contributed by atoms with Gasteiger partial charge in [-0.1, -0.05) is 59.6 Å². The topological polar surface area (TPSA) is 112 Å². The summed E-state index contributed by atoms with van der Waals surface area (Å²) in [4.78, 5) is 20.6. The van der Waals surface area contributed by atoms with Crippen molar-refractivity contribution in [2.45, 2.75) is 32.4 Å². The molecule has 2 N–H and O–H groups in total. The van der Waals surface area contributed by atoms with Crippen molar-refractivity contribution >= 4 is 55.9 Å². The van der Waals surface area contributed by atoms with E-state index < -0.39 is 5.97 Å². The van der Waals surface area contributed by atoms with Gasteiger partial charge in [-0.15, -0.1) is 0 Å². The summed E-state index contributed by atoms with van der Waals surface area (Å²) in [5.74, 6) is 0.257. The molecule has 1 aliphatic rings. The molecular weight excluding hydrogens is 563 g/mol. The lowest BCUT2D eigenvalue weighted by molar-refractivity contribution is 0.0696. The van der Waals surface area contributed by atoms with Gasteiger partial charge >= 0.3 is 5.97 Å². The average molecular weight is 592 g/mol. The van der Waals surface area contributed by atoms with Crippen molar-refractivity contribution in [3.8, 4) is 17.0 Å². The molecule has 39 heavy (non-hydrogen) atoms. The van der Waals surface area contributed by atoms with Crippen LogP contribution in [0.15, 0.2) is 34.9 Å². The average Bonchev–Trinajstić information content (AvgIpc) is 3.52. The van der Waals surface area contributed by atoms with Crippen molar-refractivity contribution < 1.29 is 24.3 Å². The first-order chi connectivity index (χ1) is 18.7. The zero-order chi connectivity index (χ0) is 27.8. The minimum Gasteiger partial charge on any atom is -0.494 e. The lowest BCUT2D eigenvalue weighted by Crippen LogP contribution is -2.54. The van der Waals surface area contributed by atoms with Gasteiger partial charge in [0.2, 0.25) is 0 Å².